The molecular weight excluding hydrogens is 260 g/mol. The zero-order valence-corrected chi connectivity index (χ0v) is 10.8. The summed E-state index contributed by atoms with van der Waals surface area (Å²) in [5.41, 5.74) is 6.23. The first kappa shape index (κ1) is 13.5. The quantitative estimate of drug-likeness (QED) is 0.640. The van der Waals surface area contributed by atoms with Crippen LogP contribution < -0.4 is 15.8 Å². The molecule has 0 unspecified atom stereocenters. The lowest BCUT2D eigenvalue weighted by atomic mass is 10.1. The Hall–Kier alpha value is -2.89. The number of nitrogens with two attached hydrogens (primary N) is 1. The van der Waals surface area contributed by atoms with E-state index in [0.29, 0.717) is 17.1 Å². The average molecular weight is 274 g/mol. The molecule has 0 aliphatic carbocycles. The van der Waals surface area contributed by atoms with Crippen LogP contribution >= 0.6 is 0 Å². The average Bonchev–Trinajstić information content (AvgIpc) is 2.38. The fourth-order valence-corrected chi connectivity index (χ4v) is 1.77. The summed E-state index contributed by atoms with van der Waals surface area (Å²) in [6.07, 6.45) is 0. The second-order valence-corrected chi connectivity index (χ2v) is 4.09. The third kappa shape index (κ3) is 2.59. The van der Waals surface area contributed by atoms with Gasteiger partial charge in [0, 0.05) is 5.69 Å². The molecule has 0 radical (unpaired) electrons. The van der Waals surface area contributed by atoms with Crippen molar-refractivity contribution in [2.75, 3.05) is 18.2 Å². The highest BCUT2D eigenvalue weighted by molar-refractivity contribution is 6.08. The van der Waals surface area contributed by atoms with Crippen molar-refractivity contribution < 1.29 is 19.7 Å². The highest BCUT2D eigenvalue weighted by Gasteiger charge is 2.17. The molecule has 2 rings (SSSR count). The summed E-state index contributed by atoms with van der Waals surface area (Å²) in [5, 5.41) is 21.8. The van der Waals surface area contributed by atoms with Gasteiger partial charge in [0.05, 0.1) is 12.8 Å². The number of amides is 1. The molecule has 0 fully saturated rings. The van der Waals surface area contributed by atoms with Crippen LogP contribution in [0.25, 0.3) is 0 Å². The number of carbonyl (C=O) groups excluding carboxylic acids is 1. The van der Waals surface area contributed by atoms with Crippen molar-refractivity contribution in [3.05, 3.63) is 42.0 Å². The molecule has 0 saturated carbocycles. The van der Waals surface area contributed by atoms with E-state index in [1.54, 1.807) is 12.1 Å². The molecular formula is C14H14N2O4. The molecule has 0 saturated heterocycles. The molecule has 20 heavy (non-hydrogen) atoms. The van der Waals surface area contributed by atoms with Crippen molar-refractivity contribution >= 4 is 17.3 Å². The first-order valence-electron chi connectivity index (χ1n) is 5.78. The number of nitrogen functional groups attached to an aromatic ring is 1. The van der Waals surface area contributed by atoms with Gasteiger partial charge in [-0.2, -0.15) is 0 Å². The van der Waals surface area contributed by atoms with Crippen LogP contribution in [-0.4, -0.2) is 23.2 Å². The Balaban J connectivity index is 2.35. The van der Waals surface area contributed by atoms with Gasteiger partial charge >= 0.3 is 0 Å². The molecule has 6 nitrogen and oxygen atoms in total. The van der Waals surface area contributed by atoms with E-state index < -0.39 is 5.91 Å². The van der Waals surface area contributed by atoms with Crippen molar-refractivity contribution in [1.82, 2.24) is 0 Å². The molecule has 1 amide bonds. The summed E-state index contributed by atoms with van der Waals surface area (Å²) >= 11 is 0. The number of nitrogens with one attached hydrogen (secondary N) is 1. The molecule has 6 heteroatoms. The molecule has 0 aliphatic heterocycles. The van der Waals surface area contributed by atoms with Crippen molar-refractivity contribution in [3.8, 4) is 17.2 Å². The number of carbonyl (C=O) groups is 1. The number of rotatable bonds is 3. The van der Waals surface area contributed by atoms with Gasteiger partial charge in [-0.05, 0) is 30.3 Å². The Kier molecular flexibility index (Phi) is 3.65. The molecule has 0 spiro atoms. The van der Waals surface area contributed by atoms with E-state index in [4.69, 9.17) is 10.5 Å². The summed E-state index contributed by atoms with van der Waals surface area (Å²) in [5.74, 6) is -0.872. The van der Waals surface area contributed by atoms with Crippen molar-refractivity contribution in [2.45, 2.75) is 0 Å². The number of anilines is 2. The molecule has 0 bridgehead atoms. The van der Waals surface area contributed by atoms with Gasteiger partial charge in [-0.15, -0.1) is 0 Å². The summed E-state index contributed by atoms with van der Waals surface area (Å²) in [4.78, 5) is 12.1. The van der Waals surface area contributed by atoms with Crippen LogP contribution in [0.2, 0.25) is 0 Å². The van der Waals surface area contributed by atoms with E-state index in [1.807, 2.05) is 0 Å². The number of aromatic hydroxyl groups is 2. The van der Waals surface area contributed by atoms with Gasteiger partial charge in [0.15, 0.2) is 0 Å². The van der Waals surface area contributed by atoms with E-state index >= 15 is 0 Å². The number of ether oxygens (including phenoxy) is 1. The van der Waals surface area contributed by atoms with E-state index in [-0.39, 0.29) is 17.1 Å². The maximum Gasteiger partial charge on any atom is 0.263 e. The van der Waals surface area contributed by atoms with Gasteiger partial charge in [0.2, 0.25) is 0 Å². The minimum atomic E-state index is -0.663. The van der Waals surface area contributed by atoms with Gasteiger partial charge in [0.25, 0.3) is 5.91 Å². The third-order valence-corrected chi connectivity index (χ3v) is 2.72. The topological polar surface area (TPSA) is 105 Å². The van der Waals surface area contributed by atoms with Gasteiger partial charge in [0.1, 0.15) is 22.8 Å². The molecule has 0 heterocycles. The SMILES string of the molecule is COc1ccc(N)cc1NC(=O)c1c(O)cccc1O. The fourth-order valence-electron chi connectivity index (χ4n) is 1.77. The maximum atomic E-state index is 12.1. The van der Waals surface area contributed by atoms with E-state index in [9.17, 15) is 15.0 Å². The van der Waals surface area contributed by atoms with E-state index in [1.165, 1.54) is 31.4 Å². The standard InChI is InChI=1S/C14H14N2O4/c1-20-12-6-5-8(15)7-9(12)16-14(19)13-10(17)3-2-4-11(13)18/h2-7,17-18H,15H2,1H3,(H,16,19). The largest absolute Gasteiger partial charge is 0.507 e. The zero-order valence-electron chi connectivity index (χ0n) is 10.8. The van der Waals surface area contributed by atoms with Crippen molar-refractivity contribution in [1.29, 1.82) is 0 Å². The number of methoxy groups -OCH3 is 1. The lowest BCUT2D eigenvalue weighted by Crippen LogP contribution is -2.13. The normalized spacial score (nSPS) is 10.1. The molecule has 2 aromatic carbocycles. The number of hydrogen-bond donors (Lipinski definition) is 4. The van der Waals surface area contributed by atoms with Crippen LogP contribution in [-0.2, 0) is 0 Å². The lowest BCUT2D eigenvalue weighted by molar-refractivity contribution is 0.102. The van der Waals surface area contributed by atoms with Crippen molar-refractivity contribution in [2.24, 2.45) is 0 Å². The number of phenols is 2. The second kappa shape index (κ2) is 5.40. The molecule has 0 aromatic heterocycles. The Bertz CT molecular complexity index is 635. The minimum absolute atomic E-state index is 0.211. The summed E-state index contributed by atoms with van der Waals surface area (Å²) in [7, 11) is 1.46. The third-order valence-electron chi connectivity index (χ3n) is 2.72. The van der Waals surface area contributed by atoms with Crippen LogP contribution in [0.3, 0.4) is 0 Å². The Morgan fingerprint density at radius 3 is 2.45 bits per heavy atom. The number of phenolic OH excluding ortho intramolecular Hbond substituents is 2. The van der Waals surface area contributed by atoms with Gasteiger partial charge in [-0.25, -0.2) is 0 Å². The molecule has 5 N–H and O–H groups in total. The maximum absolute atomic E-state index is 12.1. The zero-order chi connectivity index (χ0) is 14.7. The highest BCUT2D eigenvalue weighted by Crippen LogP contribution is 2.30. The Morgan fingerprint density at radius 1 is 1.20 bits per heavy atom. The predicted molar refractivity (Wildman–Crippen MR) is 75.1 cm³/mol. The highest BCUT2D eigenvalue weighted by atomic mass is 16.5. The van der Waals surface area contributed by atoms with Crippen LogP contribution in [0.5, 0.6) is 17.2 Å². The minimum Gasteiger partial charge on any atom is -0.507 e. The number of benzene rings is 2. The first-order valence-corrected chi connectivity index (χ1v) is 5.78. The van der Waals surface area contributed by atoms with E-state index in [2.05, 4.69) is 5.32 Å². The predicted octanol–water partition coefficient (Wildman–Crippen LogP) is 1.94. The van der Waals surface area contributed by atoms with Gasteiger partial charge in [-0.1, -0.05) is 6.07 Å². The van der Waals surface area contributed by atoms with Crippen molar-refractivity contribution in [3.63, 3.8) is 0 Å². The summed E-state index contributed by atoms with van der Waals surface area (Å²) in [6, 6.07) is 8.81. The summed E-state index contributed by atoms with van der Waals surface area (Å²) < 4.78 is 5.10. The van der Waals surface area contributed by atoms with Crippen LogP contribution in [0.1, 0.15) is 10.4 Å². The van der Waals surface area contributed by atoms with E-state index in [0.717, 1.165) is 0 Å². The molecule has 0 atom stereocenters. The molecule has 2 aromatic rings. The first-order chi connectivity index (χ1) is 9.52. The monoisotopic (exact) mass is 274 g/mol. The lowest BCUT2D eigenvalue weighted by Gasteiger charge is -2.12. The smallest absolute Gasteiger partial charge is 0.263 e. The fraction of sp³-hybridized carbons (Fsp3) is 0.0714. The Labute approximate surface area is 115 Å². The molecule has 104 valence electrons. The van der Waals surface area contributed by atoms with Gasteiger partial charge in [-0.3, -0.25) is 4.79 Å². The summed E-state index contributed by atoms with van der Waals surface area (Å²) in [6.45, 7) is 0. The van der Waals surface area contributed by atoms with Gasteiger partial charge < -0.3 is 26.0 Å². The Morgan fingerprint density at radius 2 is 1.85 bits per heavy atom. The molecule has 0 aliphatic rings. The second-order valence-electron chi connectivity index (χ2n) is 4.09. The van der Waals surface area contributed by atoms with Crippen LogP contribution in [0.4, 0.5) is 11.4 Å². The number of hydrogen-bond acceptors (Lipinski definition) is 5. The van der Waals surface area contributed by atoms with Crippen LogP contribution in [0.15, 0.2) is 36.4 Å². The van der Waals surface area contributed by atoms with Crippen LogP contribution in [0, 0.1) is 0 Å².